The van der Waals surface area contributed by atoms with Gasteiger partial charge in [0.2, 0.25) is 0 Å². The Hall–Kier alpha value is -1.60. The lowest BCUT2D eigenvalue weighted by molar-refractivity contribution is -0.385. The van der Waals surface area contributed by atoms with Crippen LogP contribution in [0, 0.1) is 17.0 Å². The first-order valence-corrected chi connectivity index (χ1v) is 8.01. The van der Waals surface area contributed by atoms with Crippen molar-refractivity contribution < 1.29 is 18.1 Å². The van der Waals surface area contributed by atoms with Crippen molar-refractivity contribution in [3.63, 3.8) is 0 Å². The Balaban J connectivity index is 3.35. The molecule has 0 N–H and O–H groups in total. The molecule has 0 unspecified atom stereocenters. The molecule has 1 rings (SSSR count). The number of aryl methyl sites for hydroxylation is 1. The standard InChI is InChI=1S/C12H14ClNO5S/c1-4-8(2)7-19-12-9(3)5-10(14(15)16)6-11(12)20(13,17)18/h5-6H,2,4,7H2,1,3H3. The smallest absolute Gasteiger partial charge is 0.271 e. The van der Waals surface area contributed by atoms with E-state index in [2.05, 4.69) is 6.58 Å². The first-order valence-electron chi connectivity index (χ1n) is 5.70. The lowest BCUT2D eigenvalue weighted by atomic mass is 10.2. The minimum Gasteiger partial charge on any atom is -0.488 e. The van der Waals surface area contributed by atoms with Crippen LogP contribution in [0.2, 0.25) is 0 Å². The van der Waals surface area contributed by atoms with E-state index in [0.717, 1.165) is 11.6 Å². The molecule has 0 spiro atoms. The second-order valence-electron chi connectivity index (χ2n) is 4.18. The second-order valence-corrected chi connectivity index (χ2v) is 6.71. The lowest BCUT2D eigenvalue weighted by Gasteiger charge is -2.13. The third-order valence-electron chi connectivity index (χ3n) is 2.62. The fourth-order valence-corrected chi connectivity index (χ4v) is 2.52. The Labute approximate surface area is 121 Å². The van der Waals surface area contributed by atoms with E-state index in [-0.39, 0.29) is 18.0 Å². The lowest BCUT2D eigenvalue weighted by Crippen LogP contribution is -2.06. The Morgan fingerprint density at radius 3 is 2.55 bits per heavy atom. The molecule has 0 aromatic heterocycles. The molecule has 0 aliphatic carbocycles. The molecular formula is C12H14ClNO5S. The van der Waals surface area contributed by atoms with Crippen molar-refractivity contribution in [2.75, 3.05) is 6.61 Å². The maximum Gasteiger partial charge on any atom is 0.271 e. The van der Waals surface area contributed by atoms with Gasteiger partial charge in [0.15, 0.2) is 0 Å². The molecule has 0 bridgehead atoms. The molecule has 0 atom stereocenters. The fraction of sp³-hybridized carbons (Fsp3) is 0.333. The van der Waals surface area contributed by atoms with Crippen molar-refractivity contribution in [2.45, 2.75) is 25.2 Å². The largest absolute Gasteiger partial charge is 0.488 e. The van der Waals surface area contributed by atoms with E-state index in [1.807, 2.05) is 6.92 Å². The van der Waals surface area contributed by atoms with Crippen molar-refractivity contribution >= 4 is 25.4 Å². The highest BCUT2D eigenvalue weighted by molar-refractivity contribution is 8.13. The number of hydrogen-bond donors (Lipinski definition) is 0. The van der Waals surface area contributed by atoms with Gasteiger partial charge in [0.05, 0.1) is 4.92 Å². The SMILES string of the molecule is C=C(CC)COc1c(C)cc([N+](=O)[O-])cc1S(=O)(=O)Cl. The van der Waals surface area contributed by atoms with Gasteiger partial charge in [0.25, 0.3) is 14.7 Å². The summed E-state index contributed by atoms with van der Waals surface area (Å²) in [5.74, 6) is 0.0141. The van der Waals surface area contributed by atoms with Crippen LogP contribution in [-0.2, 0) is 9.05 Å². The van der Waals surface area contributed by atoms with E-state index >= 15 is 0 Å². The second kappa shape index (κ2) is 6.23. The van der Waals surface area contributed by atoms with Gasteiger partial charge in [-0.1, -0.05) is 13.5 Å². The Morgan fingerprint density at radius 1 is 1.50 bits per heavy atom. The third-order valence-corrected chi connectivity index (χ3v) is 3.95. The number of rotatable bonds is 6. The number of ether oxygens (including phenoxy) is 1. The molecule has 0 radical (unpaired) electrons. The molecule has 0 fully saturated rings. The first kappa shape index (κ1) is 16.5. The van der Waals surface area contributed by atoms with Crippen LogP contribution in [0.3, 0.4) is 0 Å². The van der Waals surface area contributed by atoms with Crippen LogP contribution in [-0.4, -0.2) is 19.9 Å². The van der Waals surface area contributed by atoms with E-state index in [4.69, 9.17) is 15.4 Å². The molecule has 8 heteroatoms. The average molecular weight is 320 g/mol. The van der Waals surface area contributed by atoms with Gasteiger partial charge in [-0.25, -0.2) is 8.42 Å². The van der Waals surface area contributed by atoms with Crippen LogP contribution >= 0.6 is 10.7 Å². The Morgan fingerprint density at radius 2 is 2.10 bits per heavy atom. The van der Waals surface area contributed by atoms with Gasteiger partial charge < -0.3 is 4.74 Å². The zero-order chi connectivity index (χ0) is 15.5. The van der Waals surface area contributed by atoms with E-state index < -0.39 is 18.9 Å². The summed E-state index contributed by atoms with van der Waals surface area (Å²) in [5.41, 5.74) is 0.728. The molecule has 0 amide bonds. The molecule has 20 heavy (non-hydrogen) atoms. The van der Waals surface area contributed by atoms with Crippen LogP contribution in [0.5, 0.6) is 5.75 Å². The highest BCUT2D eigenvalue weighted by atomic mass is 35.7. The number of nitrogens with zero attached hydrogens (tertiary/aromatic N) is 1. The summed E-state index contributed by atoms with van der Waals surface area (Å²) < 4.78 is 28.5. The fourth-order valence-electron chi connectivity index (χ4n) is 1.47. The number of nitro groups is 1. The van der Waals surface area contributed by atoms with E-state index in [0.29, 0.717) is 12.0 Å². The van der Waals surface area contributed by atoms with Gasteiger partial charge in [-0.2, -0.15) is 0 Å². The molecule has 0 aliphatic rings. The van der Waals surface area contributed by atoms with Crippen molar-refractivity contribution in [2.24, 2.45) is 0 Å². The monoisotopic (exact) mass is 319 g/mol. The van der Waals surface area contributed by atoms with Gasteiger partial charge in [-0.05, 0) is 24.5 Å². The molecule has 1 aromatic carbocycles. The molecule has 0 saturated carbocycles. The van der Waals surface area contributed by atoms with Crippen LogP contribution in [0.1, 0.15) is 18.9 Å². The van der Waals surface area contributed by atoms with Crippen LogP contribution in [0.15, 0.2) is 29.2 Å². The number of hydrogen-bond acceptors (Lipinski definition) is 5. The summed E-state index contributed by atoms with van der Waals surface area (Å²) in [6, 6.07) is 2.12. The van der Waals surface area contributed by atoms with E-state index in [1.165, 1.54) is 13.0 Å². The van der Waals surface area contributed by atoms with Gasteiger partial charge in [0, 0.05) is 22.8 Å². The highest BCUT2D eigenvalue weighted by Gasteiger charge is 2.24. The van der Waals surface area contributed by atoms with Crippen molar-refractivity contribution in [1.29, 1.82) is 0 Å². The topological polar surface area (TPSA) is 86.5 Å². The van der Waals surface area contributed by atoms with Crippen molar-refractivity contribution in [3.05, 3.63) is 40.0 Å². The van der Waals surface area contributed by atoms with Crippen molar-refractivity contribution in [1.82, 2.24) is 0 Å². The number of benzene rings is 1. The maximum atomic E-state index is 11.5. The summed E-state index contributed by atoms with van der Waals surface area (Å²) in [4.78, 5) is 9.67. The normalized spacial score (nSPS) is 11.2. The average Bonchev–Trinajstić information content (AvgIpc) is 2.34. The minimum absolute atomic E-state index is 0.0141. The van der Waals surface area contributed by atoms with Crippen LogP contribution in [0.25, 0.3) is 0 Å². The molecule has 0 saturated heterocycles. The summed E-state index contributed by atoms with van der Waals surface area (Å²) in [6.07, 6.45) is 0.676. The summed E-state index contributed by atoms with van der Waals surface area (Å²) in [6.45, 7) is 7.26. The summed E-state index contributed by atoms with van der Waals surface area (Å²) in [5, 5.41) is 10.8. The molecule has 0 aliphatic heterocycles. The first-order chi connectivity index (χ1) is 9.16. The predicted octanol–water partition coefficient (Wildman–Crippen LogP) is 3.18. The van der Waals surface area contributed by atoms with Crippen LogP contribution < -0.4 is 4.74 Å². The highest BCUT2D eigenvalue weighted by Crippen LogP contribution is 2.34. The van der Waals surface area contributed by atoms with E-state index in [9.17, 15) is 18.5 Å². The molecule has 0 heterocycles. The number of nitro benzene ring substituents is 1. The number of non-ortho nitro benzene ring substituents is 1. The minimum atomic E-state index is -4.15. The molecule has 6 nitrogen and oxygen atoms in total. The van der Waals surface area contributed by atoms with Crippen LogP contribution in [0.4, 0.5) is 5.69 Å². The van der Waals surface area contributed by atoms with Gasteiger partial charge in [0.1, 0.15) is 17.3 Å². The molecular weight excluding hydrogens is 306 g/mol. The quantitative estimate of drug-likeness (QED) is 0.348. The van der Waals surface area contributed by atoms with E-state index in [1.54, 1.807) is 0 Å². The summed E-state index contributed by atoms with van der Waals surface area (Å²) in [7, 11) is 1.16. The number of halogens is 1. The Kier molecular flexibility index (Phi) is 5.13. The molecule has 1 aromatic rings. The molecule has 110 valence electrons. The zero-order valence-corrected chi connectivity index (χ0v) is 12.6. The van der Waals surface area contributed by atoms with Gasteiger partial charge in [-0.15, -0.1) is 0 Å². The van der Waals surface area contributed by atoms with Crippen molar-refractivity contribution in [3.8, 4) is 5.75 Å². The van der Waals surface area contributed by atoms with Gasteiger partial charge in [-0.3, -0.25) is 10.1 Å². The zero-order valence-electron chi connectivity index (χ0n) is 11.1. The summed E-state index contributed by atoms with van der Waals surface area (Å²) >= 11 is 0. The Bertz CT molecular complexity index is 654. The predicted molar refractivity (Wildman–Crippen MR) is 75.8 cm³/mol. The van der Waals surface area contributed by atoms with Gasteiger partial charge >= 0.3 is 0 Å². The third kappa shape index (κ3) is 3.94. The maximum absolute atomic E-state index is 11.5.